The van der Waals surface area contributed by atoms with Gasteiger partial charge in [-0.1, -0.05) is 37.5 Å². The van der Waals surface area contributed by atoms with Crippen LogP contribution >= 0.6 is 0 Å². The lowest BCUT2D eigenvalue weighted by Crippen LogP contribution is -2.26. The molecular weight excluding hydrogens is 281 g/mol. The van der Waals surface area contributed by atoms with Gasteiger partial charge in [-0.15, -0.1) is 0 Å². The van der Waals surface area contributed by atoms with E-state index in [1.54, 1.807) is 24.3 Å². The average molecular weight is 300 g/mol. The van der Waals surface area contributed by atoms with Gasteiger partial charge in [-0.25, -0.2) is 4.99 Å². The Kier molecular flexibility index (Phi) is 5.47. The lowest BCUT2D eigenvalue weighted by atomic mass is 9.96. The highest BCUT2D eigenvalue weighted by atomic mass is 19.4. The molecule has 1 aromatic carbocycles. The van der Waals surface area contributed by atoms with Gasteiger partial charge < -0.3 is 10.1 Å². The minimum atomic E-state index is -4.37. The SMILES string of the molecule is FC(F)(F)COC(=NC1CCCCC1)Nc1ccccc1. The van der Waals surface area contributed by atoms with E-state index in [-0.39, 0.29) is 12.1 Å². The molecule has 1 aliphatic rings. The Labute approximate surface area is 122 Å². The van der Waals surface area contributed by atoms with Crippen LogP contribution in [0.15, 0.2) is 35.3 Å². The van der Waals surface area contributed by atoms with E-state index in [0.717, 1.165) is 32.1 Å². The van der Waals surface area contributed by atoms with Crippen molar-refractivity contribution in [1.82, 2.24) is 0 Å². The number of para-hydroxylation sites is 1. The average Bonchev–Trinajstić information content (AvgIpc) is 2.46. The first-order valence-electron chi connectivity index (χ1n) is 7.12. The predicted molar refractivity (Wildman–Crippen MR) is 76.4 cm³/mol. The largest absolute Gasteiger partial charge is 0.455 e. The molecule has 2 rings (SSSR count). The van der Waals surface area contributed by atoms with Gasteiger partial charge in [0.1, 0.15) is 0 Å². The molecule has 1 saturated carbocycles. The maximum absolute atomic E-state index is 12.3. The van der Waals surface area contributed by atoms with Crippen molar-refractivity contribution in [3.05, 3.63) is 30.3 Å². The third kappa shape index (κ3) is 6.06. The van der Waals surface area contributed by atoms with Gasteiger partial charge in [-0.2, -0.15) is 13.2 Å². The second-order valence-corrected chi connectivity index (χ2v) is 5.12. The van der Waals surface area contributed by atoms with E-state index in [0.29, 0.717) is 5.69 Å². The summed E-state index contributed by atoms with van der Waals surface area (Å²) in [5, 5.41) is 2.83. The summed E-state index contributed by atoms with van der Waals surface area (Å²) in [4.78, 5) is 4.32. The Morgan fingerprint density at radius 1 is 1.14 bits per heavy atom. The lowest BCUT2D eigenvalue weighted by molar-refractivity contribution is -0.156. The molecule has 0 aliphatic heterocycles. The van der Waals surface area contributed by atoms with Crippen LogP contribution in [0.5, 0.6) is 0 Å². The molecule has 0 saturated heterocycles. The maximum atomic E-state index is 12.3. The summed E-state index contributed by atoms with van der Waals surface area (Å²) >= 11 is 0. The van der Waals surface area contributed by atoms with E-state index in [9.17, 15) is 13.2 Å². The van der Waals surface area contributed by atoms with Gasteiger partial charge in [0.2, 0.25) is 0 Å². The molecule has 1 aromatic rings. The zero-order valence-electron chi connectivity index (χ0n) is 11.7. The Hall–Kier alpha value is -1.72. The lowest BCUT2D eigenvalue weighted by Gasteiger charge is -2.20. The Morgan fingerprint density at radius 3 is 2.43 bits per heavy atom. The second-order valence-electron chi connectivity index (χ2n) is 5.12. The van der Waals surface area contributed by atoms with Gasteiger partial charge in [0.15, 0.2) is 6.61 Å². The topological polar surface area (TPSA) is 33.6 Å². The molecule has 0 atom stereocenters. The zero-order chi connectivity index (χ0) is 15.1. The quantitative estimate of drug-likeness (QED) is 0.664. The molecule has 116 valence electrons. The van der Waals surface area contributed by atoms with Crippen molar-refractivity contribution in [1.29, 1.82) is 0 Å². The summed E-state index contributed by atoms with van der Waals surface area (Å²) in [5.74, 6) is 0. The van der Waals surface area contributed by atoms with Crippen molar-refractivity contribution >= 4 is 11.7 Å². The van der Waals surface area contributed by atoms with E-state index in [2.05, 4.69) is 10.3 Å². The number of alkyl halides is 3. The first-order chi connectivity index (χ1) is 10.0. The van der Waals surface area contributed by atoms with Crippen molar-refractivity contribution in [2.75, 3.05) is 11.9 Å². The Bertz CT molecular complexity index is 454. The van der Waals surface area contributed by atoms with E-state index in [1.807, 2.05) is 6.07 Å². The van der Waals surface area contributed by atoms with Crippen LogP contribution in [0.1, 0.15) is 32.1 Å². The second kappa shape index (κ2) is 7.33. The van der Waals surface area contributed by atoms with Crippen LogP contribution in [-0.2, 0) is 4.74 Å². The first kappa shape index (κ1) is 15.7. The molecule has 0 radical (unpaired) electrons. The highest BCUT2D eigenvalue weighted by Crippen LogP contribution is 2.21. The standard InChI is InChI=1S/C15H19F3N2O/c16-15(17,18)11-21-14(19-12-7-3-1-4-8-12)20-13-9-5-2-6-10-13/h1,3-4,7-8,13H,2,5-6,9-11H2,(H,19,20). The smallest absolute Gasteiger partial charge is 0.422 e. The summed E-state index contributed by atoms with van der Waals surface area (Å²) in [6.07, 6.45) is 0.714. The van der Waals surface area contributed by atoms with Gasteiger partial charge in [0.05, 0.1) is 6.04 Å². The number of ether oxygens (including phenoxy) is 1. The van der Waals surface area contributed by atoms with Crippen molar-refractivity contribution in [2.24, 2.45) is 4.99 Å². The van der Waals surface area contributed by atoms with Crippen LogP contribution in [-0.4, -0.2) is 24.8 Å². The first-order valence-corrected chi connectivity index (χ1v) is 7.12. The van der Waals surface area contributed by atoms with Gasteiger partial charge in [0.25, 0.3) is 6.02 Å². The molecule has 6 heteroatoms. The summed E-state index contributed by atoms with van der Waals surface area (Å²) < 4.78 is 41.8. The van der Waals surface area contributed by atoms with Crippen molar-refractivity contribution < 1.29 is 17.9 Å². The molecule has 0 amide bonds. The van der Waals surface area contributed by atoms with Gasteiger partial charge >= 0.3 is 6.18 Å². The zero-order valence-corrected chi connectivity index (χ0v) is 11.7. The molecule has 21 heavy (non-hydrogen) atoms. The van der Waals surface area contributed by atoms with Gasteiger partial charge in [0, 0.05) is 5.69 Å². The van der Waals surface area contributed by atoms with Crippen LogP contribution in [0.3, 0.4) is 0 Å². The summed E-state index contributed by atoms with van der Waals surface area (Å²) in [7, 11) is 0. The minimum Gasteiger partial charge on any atom is -0.455 e. The molecule has 1 N–H and O–H groups in total. The summed E-state index contributed by atoms with van der Waals surface area (Å²) in [5.41, 5.74) is 0.661. The maximum Gasteiger partial charge on any atom is 0.422 e. The summed E-state index contributed by atoms with van der Waals surface area (Å²) in [6.45, 7) is -1.33. The molecule has 1 aliphatic carbocycles. The Balaban J connectivity index is 2.03. The molecule has 0 aromatic heterocycles. The molecule has 1 fully saturated rings. The molecule has 3 nitrogen and oxygen atoms in total. The highest BCUT2D eigenvalue weighted by molar-refractivity contribution is 5.89. The number of hydrogen-bond donors (Lipinski definition) is 1. The highest BCUT2D eigenvalue weighted by Gasteiger charge is 2.29. The van der Waals surface area contributed by atoms with Gasteiger partial charge in [-0.3, -0.25) is 0 Å². The van der Waals surface area contributed by atoms with E-state index in [1.165, 1.54) is 0 Å². The number of nitrogens with one attached hydrogen (secondary N) is 1. The fraction of sp³-hybridized carbons (Fsp3) is 0.533. The molecule has 0 unspecified atom stereocenters. The molecule has 0 heterocycles. The third-order valence-corrected chi connectivity index (χ3v) is 3.27. The monoisotopic (exact) mass is 300 g/mol. The van der Waals surface area contributed by atoms with Gasteiger partial charge in [-0.05, 0) is 25.0 Å². The normalized spacial score (nSPS) is 17.6. The van der Waals surface area contributed by atoms with Crippen LogP contribution in [0.4, 0.5) is 18.9 Å². The number of hydrogen-bond acceptors (Lipinski definition) is 2. The van der Waals surface area contributed by atoms with Crippen molar-refractivity contribution in [3.63, 3.8) is 0 Å². The van der Waals surface area contributed by atoms with E-state index >= 15 is 0 Å². The van der Waals surface area contributed by atoms with Crippen LogP contribution in [0, 0.1) is 0 Å². The third-order valence-electron chi connectivity index (χ3n) is 3.27. The van der Waals surface area contributed by atoms with E-state index < -0.39 is 12.8 Å². The number of rotatable bonds is 3. The van der Waals surface area contributed by atoms with Crippen molar-refractivity contribution in [2.45, 2.75) is 44.3 Å². The molecule has 0 spiro atoms. The minimum absolute atomic E-state index is 0.0400. The molecular formula is C15H19F3N2O. The van der Waals surface area contributed by atoms with Crippen LogP contribution < -0.4 is 5.32 Å². The van der Waals surface area contributed by atoms with Crippen molar-refractivity contribution in [3.8, 4) is 0 Å². The fourth-order valence-electron chi connectivity index (χ4n) is 2.28. The number of anilines is 1. The van der Waals surface area contributed by atoms with Crippen LogP contribution in [0.25, 0.3) is 0 Å². The number of halogens is 3. The number of amidine groups is 1. The number of nitrogens with zero attached hydrogens (tertiary/aromatic N) is 1. The Morgan fingerprint density at radius 2 is 1.81 bits per heavy atom. The number of benzene rings is 1. The molecule has 0 bridgehead atoms. The van der Waals surface area contributed by atoms with E-state index in [4.69, 9.17) is 4.74 Å². The van der Waals surface area contributed by atoms with Crippen LogP contribution in [0.2, 0.25) is 0 Å². The number of aliphatic imine (C=N–C) groups is 1. The summed E-state index contributed by atoms with van der Waals surface area (Å²) in [6, 6.07) is 8.93. The fourth-order valence-corrected chi connectivity index (χ4v) is 2.28. The predicted octanol–water partition coefficient (Wildman–Crippen LogP) is 4.37.